The SMILES string of the molecule is O=C(O)[C@H]1[C@H](C(=O)Nc2cccc3cccnc23)[C@H]2C=C[C@H]1C2. The smallest absolute Gasteiger partial charge is 0.307 e. The van der Waals surface area contributed by atoms with Gasteiger partial charge in [-0.15, -0.1) is 0 Å². The molecule has 116 valence electrons. The highest BCUT2D eigenvalue weighted by atomic mass is 16.4. The minimum atomic E-state index is -0.891. The van der Waals surface area contributed by atoms with Crippen molar-refractivity contribution in [3.63, 3.8) is 0 Å². The number of carboxylic acid groups (broad SMARTS) is 1. The van der Waals surface area contributed by atoms with Gasteiger partial charge in [-0.3, -0.25) is 14.6 Å². The van der Waals surface area contributed by atoms with Gasteiger partial charge in [0.05, 0.1) is 23.0 Å². The van der Waals surface area contributed by atoms with Gasteiger partial charge in [0.25, 0.3) is 0 Å². The first-order chi connectivity index (χ1) is 11.1. The first kappa shape index (κ1) is 13.9. The number of anilines is 1. The molecule has 1 aromatic carbocycles. The number of nitrogens with zero attached hydrogens (tertiary/aromatic N) is 1. The molecule has 4 atom stereocenters. The van der Waals surface area contributed by atoms with E-state index in [9.17, 15) is 14.7 Å². The van der Waals surface area contributed by atoms with Gasteiger partial charge >= 0.3 is 5.97 Å². The maximum absolute atomic E-state index is 12.7. The Hall–Kier alpha value is -2.69. The zero-order valence-electron chi connectivity index (χ0n) is 12.3. The van der Waals surface area contributed by atoms with Crippen molar-refractivity contribution in [1.29, 1.82) is 0 Å². The van der Waals surface area contributed by atoms with Crippen molar-refractivity contribution in [3.05, 3.63) is 48.7 Å². The number of rotatable bonds is 3. The number of carbonyl (C=O) groups excluding carboxylic acids is 1. The molecule has 2 aromatic rings. The predicted octanol–water partition coefficient (Wildman–Crippen LogP) is 2.70. The van der Waals surface area contributed by atoms with E-state index in [0.717, 1.165) is 11.8 Å². The lowest BCUT2D eigenvalue weighted by atomic mass is 9.82. The van der Waals surface area contributed by atoms with E-state index < -0.39 is 17.8 Å². The molecule has 2 N–H and O–H groups in total. The topological polar surface area (TPSA) is 79.3 Å². The summed E-state index contributed by atoms with van der Waals surface area (Å²) in [6.45, 7) is 0. The summed E-state index contributed by atoms with van der Waals surface area (Å²) in [5.74, 6) is -2.28. The van der Waals surface area contributed by atoms with Gasteiger partial charge in [-0.25, -0.2) is 0 Å². The van der Waals surface area contributed by atoms with Crippen molar-refractivity contribution in [2.75, 3.05) is 5.32 Å². The van der Waals surface area contributed by atoms with Crippen LogP contribution in [0.1, 0.15) is 6.42 Å². The van der Waals surface area contributed by atoms with Gasteiger partial charge in [-0.05, 0) is 30.4 Å². The van der Waals surface area contributed by atoms with E-state index in [1.807, 2.05) is 36.4 Å². The zero-order valence-corrected chi connectivity index (χ0v) is 12.3. The van der Waals surface area contributed by atoms with Gasteiger partial charge in [0, 0.05) is 11.6 Å². The number of allylic oxidation sites excluding steroid dienone is 2. The molecule has 0 aliphatic heterocycles. The minimum absolute atomic E-state index is 0.0176. The van der Waals surface area contributed by atoms with E-state index >= 15 is 0 Å². The van der Waals surface area contributed by atoms with Crippen molar-refractivity contribution in [3.8, 4) is 0 Å². The van der Waals surface area contributed by atoms with E-state index in [-0.39, 0.29) is 17.7 Å². The molecule has 2 aliphatic rings. The molecule has 0 unspecified atom stereocenters. The van der Waals surface area contributed by atoms with Crippen molar-refractivity contribution in [1.82, 2.24) is 4.98 Å². The maximum Gasteiger partial charge on any atom is 0.307 e. The van der Waals surface area contributed by atoms with Crippen LogP contribution < -0.4 is 5.32 Å². The molecular weight excluding hydrogens is 292 g/mol. The molecule has 5 nitrogen and oxygen atoms in total. The van der Waals surface area contributed by atoms with Crippen LogP contribution in [0.15, 0.2) is 48.7 Å². The summed E-state index contributed by atoms with van der Waals surface area (Å²) >= 11 is 0. The highest BCUT2D eigenvalue weighted by Gasteiger charge is 2.51. The number of hydrogen-bond donors (Lipinski definition) is 2. The van der Waals surface area contributed by atoms with Crippen LogP contribution in [0.2, 0.25) is 0 Å². The van der Waals surface area contributed by atoms with E-state index in [2.05, 4.69) is 10.3 Å². The number of benzene rings is 1. The molecule has 1 aromatic heterocycles. The predicted molar refractivity (Wildman–Crippen MR) is 85.7 cm³/mol. The standard InChI is InChI=1S/C18H16N2O3/c21-17(14-11-6-7-12(9-11)15(14)18(22)23)20-13-5-1-3-10-4-2-8-19-16(10)13/h1-8,11-12,14-15H,9H2,(H,20,21)(H,22,23)/t11-,12-,14+,15+/m0/s1. The van der Waals surface area contributed by atoms with Crippen LogP contribution in [0, 0.1) is 23.7 Å². The van der Waals surface area contributed by atoms with E-state index in [1.165, 1.54) is 0 Å². The number of amides is 1. The largest absolute Gasteiger partial charge is 0.481 e. The maximum atomic E-state index is 12.7. The summed E-state index contributed by atoms with van der Waals surface area (Å²) in [5, 5.41) is 13.3. The Morgan fingerprint density at radius 3 is 2.61 bits per heavy atom. The number of para-hydroxylation sites is 1. The second kappa shape index (κ2) is 5.19. The van der Waals surface area contributed by atoms with E-state index in [1.54, 1.807) is 12.3 Å². The van der Waals surface area contributed by atoms with Gasteiger partial charge < -0.3 is 10.4 Å². The molecule has 0 spiro atoms. The van der Waals surface area contributed by atoms with Gasteiger partial charge in [0.15, 0.2) is 0 Å². The van der Waals surface area contributed by atoms with Crippen LogP contribution >= 0.6 is 0 Å². The third-order valence-electron chi connectivity index (χ3n) is 4.94. The molecule has 2 bridgehead atoms. The summed E-state index contributed by atoms with van der Waals surface area (Å²) in [4.78, 5) is 28.6. The van der Waals surface area contributed by atoms with Crippen molar-refractivity contribution in [2.24, 2.45) is 23.7 Å². The third kappa shape index (κ3) is 2.20. The lowest BCUT2D eigenvalue weighted by molar-refractivity contribution is -0.146. The van der Waals surface area contributed by atoms with Gasteiger partial charge in [0.1, 0.15) is 0 Å². The number of aliphatic carboxylic acids is 1. The van der Waals surface area contributed by atoms with Crippen molar-refractivity contribution >= 4 is 28.5 Å². The molecule has 1 amide bonds. The van der Waals surface area contributed by atoms with Crippen LogP contribution in [-0.4, -0.2) is 22.0 Å². The third-order valence-corrected chi connectivity index (χ3v) is 4.94. The Bertz CT molecular complexity index is 825. The van der Waals surface area contributed by atoms with Crippen LogP contribution in [0.4, 0.5) is 5.69 Å². The average Bonchev–Trinajstić information content (AvgIpc) is 3.16. The van der Waals surface area contributed by atoms with Gasteiger partial charge in [-0.2, -0.15) is 0 Å². The van der Waals surface area contributed by atoms with Gasteiger partial charge in [-0.1, -0.05) is 30.4 Å². The quantitative estimate of drug-likeness (QED) is 0.854. The molecule has 4 rings (SSSR count). The zero-order chi connectivity index (χ0) is 16.0. The fourth-order valence-electron chi connectivity index (χ4n) is 3.94. The first-order valence-electron chi connectivity index (χ1n) is 7.71. The number of aromatic nitrogens is 1. The molecule has 5 heteroatoms. The number of nitrogens with one attached hydrogen (secondary N) is 1. The first-order valence-corrected chi connectivity index (χ1v) is 7.71. The lowest BCUT2D eigenvalue weighted by Gasteiger charge is -2.24. The highest BCUT2D eigenvalue weighted by molar-refractivity contribution is 6.02. The summed E-state index contributed by atoms with van der Waals surface area (Å²) in [5.41, 5.74) is 1.35. The second-order valence-electron chi connectivity index (χ2n) is 6.21. The number of pyridine rings is 1. The number of carboxylic acids is 1. The Morgan fingerprint density at radius 2 is 1.83 bits per heavy atom. The number of carbonyl (C=O) groups is 2. The summed E-state index contributed by atoms with van der Waals surface area (Å²) in [6.07, 6.45) is 6.35. The monoisotopic (exact) mass is 308 g/mol. The fraction of sp³-hybridized carbons (Fsp3) is 0.278. The molecule has 0 saturated heterocycles. The summed E-state index contributed by atoms with van der Waals surface area (Å²) in [6, 6.07) is 9.35. The highest BCUT2D eigenvalue weighted by Crippen LogP contribution is 2.48. The van der Waals surface area contributed by atoms with E-state index in [0.29, 0.717) is 11.2 Å². The molecular formula is C18H16N2O3. The van der Waals surface area contributed by atoms with E-state index in [4.69, 9.17) is 0 Å². The fourth-order valence-corrected chi connectivity index (χ4v) is 3.94. The minimum Gasteiger partial charge on any atom is -0.481 e. The Morgan fingerprint density at radius 1 is 1.09 bits per heavy atom. The summed E-state index contributed by atoms with van der Waals surface area (Å²) < 4.78 is 0. The van der Waals surface area contributed by atoms with Crippen LogP contribution in [0.3, 0.4) is 0 Å². The molecule has 1 heterocycles. The van der Waals surface area contributed by atoms with Crippen LogP contribution in [0.5, 0.6) is 0 Å². The van der Waals surface area contributed by atoms with Crippen molar-refractivity contribution in [2.45, 2.75) is 6.42 Å². The molecule has 23 heavy (non-hydrogen) atoms. The Balaban J connectivity index is 1.65. The van der Waals surface area contributed by atoms with Crippen LogP contribution in [-0.2, 0) is 9.59 Å². The molecule has 0 radical (unpaired) electrons. The molecule has 1 saturated carbocycles. The van der Waals surface area contributed by atoms with Gasteiger partial charge in [0.2, 0.25) is 5.91 Å². The Kier molecular flexibility index (Phi) is 3.15. The average molecular weight is 308 g/mol. The molecule has 1 fully saturated rings. The van der Waals surface area contributed by atoms with Crippen molar-refractivity contribution < 1.29 is 14.7 Å². The second-order valence-corrected chi connectivity index (χ2v) is 6.21. The normalized spacial score (nSPS) is 28.2. The number of fused-ring (bicyclic) bond motifs is 3. The lowest BCUT2D eigenvalue weighted by Crippen LogP contribution is -2.36. The van der Waals surface area contributed by atoms with Crippen LogP contribution in [0.25, 0.3) is 10.9 Å². The molecule has 2 aliphatic carbocycles. The summed E-state index contributed by atoms with van der Waals surface area (Å²) in [7, 11) is 0. The number of hydrogen-bond acceptors (Lipinski definition) is 3. The Labute approximate surface area is 133 Å².